The van der Waals surface area contributed by atoms with Crippen LogP contribution in [0.2, 0.25) is 0 Å². The highest BCUT2D eigenvalue weighted by atomic mass is 32.1. The van der Waals surface area contributed by atoms with Crippen LogP contribution in [0.15, 0.2) is 17.5 Å². The van der Waals surface area contributed by atoms with Crippen molar-refractivity contribution in [1.82, 2.24) is 14.9 Å². The van der Waals surface area contributed by atoms with Gasteiger partial charge in [0.15, 0.2) is 0 Å². The second-order valence-corrected chi connectivity index (χ2v) is 5.59. The molecule has 0 saturated heterocycles. The molecule has 0 fully saturated rings. The molecule has 18 heavy (non-hydrogen) atoms. The van der Waals surface area contributed by atoms with Gasteiger partial charge in [0.05, 0.1) is 4.88 Å². The number of hydrogen-bond donors (Lipinski definition) is 1. The molecule has 0 atom stereocenters. The Bertz CT molecular complexity index is 493. The Morgan fingerprint density at radius 3 is 3.06 bits per heavy atom. The largest absolute Gasteiger partial charge is 0.351 e. The van der Waals surface area contributed by atoms with E-state index in [1.54, 1.807) is 11.3 Å². The van der Waals surface area contributed by atoms with Crippen LogP contribution in [0, 0.1) is 0 Å². The zero-order valence-electron chi connectivity index (χ0n) is 10.2. The molecule has 0 radical (unpaired) electrons. The van der Waals surface area contributed by atoms with Crippen LogP contribution in [-0.2, 0) is 0 Å². The first-order valence-electron chi connectivity index (χ1n) is 5.97. The third-order valence-electron chi connectivity index (χ3n) is 2.51. The number of carbonyl (C=O) groups is 1. The van der Waals surface area contributed by atoms with Gasteiger partial charge in [0, 0.05) is 6.54 Å². The van der Waals surface area contributed by atoms with Crippen molar-refractivity contribution >= 4 is 28.8 Å². The SMILES string of the molecule is CCCCCNC(=O)c1snnc1-c1cccs1. The molecular weight excluding hydrogens is 266 g/mol. The Hall–Kier alpha value is -1.27. The number of amides is 1. The maximum Gasteiger partial charge on any atom is 0.265 e. The van der Waals surface area contributed by atoms with Gasteiger partial charge >= 0.3 is 0 Å². The van der Waals surface area contributed by atoms with Crippen molar-refractivity contribution in [2.75, 3.05) is 6.54 Å². The van der Waals surface area contributed by atoms with Crippen molar-refractivity contribution in [2.45, 2.75) is 26.2 Å². The number of thiophene rings is 1. The van der Waals surface area contributed by atoms with E-state index in [1.165, 1.54) is 0 Å². The van der Waals surface area contributed by atoms with E-state index in [2.05, 4.69) is 21.8 Å². The van der Waals surface area contributed by atoms with Crippen molar-refractivity contribution < 1.29 is 4.79 Å². The molecule has 0 aliphatic heterocycles. The number of rotatable bonds is 6. The molecule has 0 aromatic carbocycles. The van der Waals surface area contributed by atoms with E-state index in [0.717, 1.165) is 35.7 Å². The molecule has 1 amide bonds. The first kappa shape index (κ1) is 13.2. The zero-order chi connectivity index (χ0) is 12.8. The Morgan fingerprint density at radius 2 is 2.33 bits per heavy atom. The lowest BCUT2D eigenvalue weighted by Gasteiger charge is -2.03. The van der Waals surface area contributed by atoms with Gasteiger partial charge in [-0.2, -0.15) is 0 Å². The van der Waals surface area contributed by atoms with Crippen molar-refractivity contribution in [3.05, 3.63) is 22.4 Å². The van der Waals surface area contributed by atoms with E-state index in [0.29, 0.717) is 17.1 Å². The van der Waals surface area contributed by atoms with E-state index < -0.39 is 0 Å². The number of nitrogens with zero attached hydrogens (tertiary/aromatic N) is 2. The molecule has 96 valence electrons. The molecule has 0 spiro atoms. The summed E-state index contributed by atoms with van der Waals surface area (Å²) in [6.45, 7) is 2.86. The van der Waals surface area contributed by atoms with Gasteiger partial charge in [-0.05, 0) is 29.4 Å². The van der Waals surface area contributed by atoms with Crippen LogP contribution in [0.4, 0.5) is 0 Å². The average Bonchev–Trinajstić information content (AvgIpc) is 3.02. The molecule has 2 rings (SSSR count). The van der Waals surface area contributed by atoms with Gasteiger partial charge in [-0.1, -0.05) is 30.3 Å². The lowest BCUT2D eigenvalue weighted by molar-refractivity contribution is 0.0957. The summed E-state index contributed by atoms with van der Waals surface area (Å²) in [6, 6.07) is 3.90. The highest BCUT2D eigenvalue weighted by molar-refractivity contribution is 7.14. The monoisotopic (exact) mass is 281 g/mol. The Morgan fingerprint density at radius 1 is 1.44 bits per heavy atom. The van der Waals surface area contributed by atoms with Gasteiger partial charge in [-0.25, -0.2) is 0 Å². The number of carbonyl (C=O) groups excluding carboxylic acids is 1. The molecule has 1 N–H and O–H groups in total. The minimum Gasteiger partial charge on any atom is -0.351 e. The maximum atomic E-state index is 12.0. The van der Waals surface area contributed by atoms with Gasteiger partial charge < -0.3 is 5.32 Å². The van der Waals surface area contributed by atoms with Crippen molar-refractivity contribution in [2.24, 2.45) is 0 Å². The number of nitrogens with one attached hydrogen (secondary N) is 1. The van der Waals surface area contributed by atoms with E-state index >= 15 is 0 Å². The molecule has 2 aromatic heterocycles. The van der Waals surface area contributed by atoms with Crippen LogP contribution in [-0.4, -0.2) is 22.0 Å². The fourth-order valence-electron chi connectivity index (χ4n) is 1.57. The van der Waals surface area contributed by atoms with Crippen molar-refractivity contribution in [3.63, 3.8) is 0 Å². The highest BCUT2D eigenvalue weighted by Crippen LogP contribution is 2.27. The minimum absolute atomic E-state index is 0.0653. The van der Waals surface area contributed by atoms with Crippen LogP contribution in [0.5, 0.6) is 0 Å². The summed E-state index contributed by atoms with van der Waals surface area (Å²) in [5, 5.41) is 8.93. The third-order valence-corrected chi connectivity index (χ3v) is 4.12. The normalized spacial score (nSPS) is 10.5. The Kier molecular flexibility index (Phi) is 4.83. The fourth-order valence-corrected chi connectivity index (χ4v) is 2.95. The zero-order valence-corrected chi connectivity index (χ0v) is 11.8. The van der Waals surface area contributed by atoms with Crippen LogP contribution in [0.25, 0.3) is 10.6 Å². The Labute approximate surface area is 114 Å². The molecule has 0 aliphatic rings. The van der Waals surface area contributed by atoms with Gasteiger partial charge in [0.25, 0.3) is 5.91 Å². The van der Waals surface area contributed by atoms with Gasteiger partial charge in [-0.15, -0.1) is 16.4 Å². The van der Waals surface area contributed by atoms with E-state index in [1.807, 2.05) is 17.5 Å². The predicted octanol–water partition coefficient (Wildman–Crippen LogP) is 3.19. The van der Waals surface area contributed by atoms with E-state index in [4.69, 9.17) is 0 Å². The van der Waals surface area contributed by atoms with Gasteiger partial charge in [0.1, 0.15) is 10.6 Å². The Balaban J connectivity index is 2.01. The predicted molar refractivity (Wildman–Crippen MR) is 75.1 cm³/mol. The van der Waals surface area contributed by atoms with E-state index in [-0.39, 0.29) is 5.91 Å². The summed E-state index contributed by atoms with van der Waals surface area (Å²) in [4.78, 5) is 13.6. The molecule has 4 nitrogen and oxygen atoms in total. The average molecular weight is 281 g/mol. The number of unbranched alkanes of at least 4 members (excludes halogenated alkanes) is 2. The fraction of sp³-hybridized carbons (Fsp3) is 0.417. The number of hydrogen-bond acceptors (Lipinski definition) is 5. The standard InChI is InChI=1S/C12H15N3OS2/c1-2-3-4-7-13-12(16)11-10(14-15-18-11)9-6-5-8-17-9/h5-6,8H,2-4,7H2,1H3,(H,13,16). The van der Waals surface area contributed by atoms with Crippen LogP contribution in [0.1, 0.15) is 35.9 Å². The molecule has 6 heteroatoms. The lowest BCUT2D eigenvalue weighted by Crippen LogP contribution is -2.24. The lowest BCUT2D eigenvalue weighted by atomic mass is 10.2. The summed E-state index contributed by atoms with van der Waals surface area (Å²) < 4.78 is 3.88. The van der Waals surface area contributed by atoms with Crippen LogP contribution in [0.3, 0.4) is 0 Å². The van der Waals surface area contributed by atoms with Gasteiger partial charge in [-0.3, -0.25) is 4.79 Å². The molecule has 0 unspecified atom stereocenters. The van der Waals surface area contributed by atoms with Crippen LogP contribution < -0.4 is 5.32 Å². The van der Waals surface area contributed by atoms with Crippen molar-refractivity contribution in [1.29, 1.82) is 0 Å². The van der Waals surface area contributed by atoms with Crippen molar-refractivity contribution in [3.8, 4) is 10.6 Å². The first-order valence-corrected chi connectivity index (χ1v) is 7.62. The smallest absolute Gasteiger partial charge is 0.265 e. The molecule has 2 aromatic rings. The molecule has 0 bridgehead atoms. The summed E-state index contributed by atoms with van der Waals surface area (Å²) in [6.07, 6.45) is 3.31. The molecule has 0 saturated carbocycles. The second-order valence-electron chi connectivity index (χ2n) is 3.89. The number of aromatic nitrogens is 2. The summed E-state index contributed by atoms with van der Waals surface area (Å²) >= 11 is 2.72. The minimum atomic E-state index is -0.0653. The molecule has 0 aliphatic carbocycles. The molecular formula is C12H15N3OS2. The van der Waals surface area contributed by atoms with Gasteiger partial charge in [0.2, 0.25) is 0 Å². The quantitative estimate of drug-likeness (QED) is 0.827. The second kappa shape index (κ2) is 6.61. The van der Waals surface area contributed by atoms with E-state index in [9.17, 15) is 4.79 Å². The third kappa shape index (κ3) is 3.14. The summed E-state index contributed by atoms with van der Waals surface area (Å²) in [7, 11) is 0. The first-order chi connectivity index (χ1) is 8.83. The maximum absolute atomic E-state index is 12.0. The highest BCUT2D eigenvalue weighted by Gasteiger charge is 2.17. The topological polar surface area (TPSA) is 54.9 Å². The molecule has 2 heterocycles. The van der Waals surface area contributed by atoms with Crippen LogP contribution >= 0.6 is 22.9 Å². The summed E-state index contributed by atoms with van der Waals surface area (Å²) in [5.41, 5.74) is 0.697. The summed E-state index contributed by atoms with van der Waals surface area (Å²) in [5.74, 6) is -0.0653.